The van der Waals surface area contributed by atoms with Gasteiger partial charge < -0.3 is 19.6 Å². The maximum absolute atomic E-state index is 13.1. The lowest BCUT2D eigenvalue weighted by atomic mass is 9.85. The number of urea groups is 1. The molecule has 0 saturated carbocycles. The minimum atomic E-state index is -1.05. The highest BCUT2D eigenvalue weighted by Crippen LogP contribution is 2.30. The summed E-state index contributed by atoms with van der Waals surface area (Å²) in [6, 6.07) is 4.55. The molecule has 2 rings (SSSR count). The largest absolute Gasteiger partial charge is 0.458 e. The predicted octanol–water partition coefficient (Wildman–Crippen LogP) is 3.30. The molecule has 0 aromatic carbocycles. The second kappa shape index (κ2) is 7.94. The number of aromatic nitrogens is 1. The van der Waals surface area contributed by atoms with Crippen molar-refractivity contribution in [1.82, 2.24) is 14.8 Å². The van der Waals surface area contributed by atoms with E-state index in [9.17, 15) is 14.7 Å². The lowest BCUT2D eigenvalue weighted by molar-refractivity contribution is -0.164. The van der Waals surface area contributed by atoms with E-state index in [2.05, 4.69) is 4.98 Å². The van der Waals surface area contributed by atoms with Crippen molar-refractivity contribution in [3.8, 4) is 0 Å². The normalized spacial score (nSPS) is 16.9. The fourth-order valence-corrected chi connectivity index (χ4v) is 3.40. The van der Waals surface area contributed by atoms with Gasteiger partial charge in [-0.2, -0.15) is 0 Å². The summed E-state index contributed by atoms with van der Waals surface area (Å²) in [5, 5.41) is 10.2. The Balaban J connectivity index is 2.20. The Labute approximate surface area is 174 Å². The molecule has 0 aliphatic carbocycles. The van der Waals surface area contributed by atoms with Crippen molar-refractivity contribution in [2.24, 2.45) is 5.41 Å². The van der Waals surface area contributed by atoms with Gasteiger partial charge in [-0.1, -0.05) is 26.8 Å². The summed E-state index contributed by atoms with van der Waals surface area (Å²) >= 11 is 0. The fraction of sp³-hybridized carbons (Fsp3) is 0.682. The highest BCUT2D eigenvalue weighted by molar-refractivity contribution is 5.85. The topological polar surface area (TPSA) is 83.0 Å². The van der Waals surface area contributed by atoms with Gasteiger partial charge in [0.2, 0.25) is 0 Å². The first-order valence-corrected chi connectivity index (χ1v) is 10.1. The van der Waals surface area contributed by atoms with Crippen LogP contribution in [0.4, 0.5) is 4.79 Å². The summed E-state index contributed by atoms with van der Waals surface area (Å²) in [4.78, 5) is 33.8. The standard InChI is InChI=1S/C22H35N3O4/c1-20(2,3)17(18(26)29-21(4,5)6)25-13-12-24(19(25)27)14-15-10-9-11-16(23-15)22(7,8)28/h9-11,17,28H,12-14H2,1-8H3/t17-/m1/s1. The molecule has 0 radical (unpaired) electrons. The van der Waals surface area contributed by atoms with Gasteiger partial charge in [0.1, 0.15) is 17.2 Å². The maximum Gasteiger partial charge on any atom is 0.329 e. The Morgan fingerprint density at radius 3 is 2.28 bits per heavy atom. The summed E-state index contributed by atoms with van der Waals surface area (Å²) in [5.74, 6) is -0.387. The van der Waals surface area contributed by atoms with Gasteiger partial charge in [-0.05, 0) is 52.2 Å². The number of nitrogens with zero attached hydrogens (tertiary/aromatic N) is 3. The van der Waals surface area contributed by atoms with Crippen molar-refractivity contribution in [2.45, 2.75) is 79.2 Å². The molecule has 0 unspecified atom stereocenters. The number of pyridine rings is 1. The molecular weight excluding hydrogens is 370 g/mol. The van der Waals surface area contributed by atoms with Crippen molar-refractivity contribution in [2.75, 3.05) is 13.1 Å². The summed E-state index contributed by atoms with van der Waals surface area (Å²) in [6.07, 6.45) is 0. The summed E-state index contributed by atoms with van der Waals surface area (Å²) in [6.45, 7) is 15.9. The zero-order chi connectivity index (χ0) is 22.2. The fourth-order valence-electron chi connectivity index (χ4n) is 3.40. The monoisotopic (exact) mass is 405 g/mol. The van der Waals surface area contributed by atoms with E-state index in [0.717, 1.165) is 0 Å². The van der Waals surface area contributed by atoms with Crippen molar-refractivity contribution in [3.05, 3.63) is 29.6 Å². The molecule has 1 aliphatic rings. The van der Waals surface area contributed by atoms with E-state index < -0.39 is 22.7 Å². The SMILES string of the molecule is CC(C)(C)OC(=O)[C@@H](N1CCN(Cc2cccc(C(C)(C)O)n2)C1=O)C(C)(C)C. The van der Waals surface area contributed by atoms with Crippen LogP contribution in [0.5, 0.6) is 0 Å². The van der Waals surface area contributed by atoms with Crippen molar-refractivity contribution in [3.63, 3.8) is 0 Å². The number of hydrogen-bond acceptors (Lipinski definition) is 5. The molecule has 1 fully saturated rings. The number of carbonyl (C=O) groups excluding carboxylic acids is 2. The minimum Gasteiger partial charge on any atom is -0.458 e. The molecule has 29 heavy (non-hydrogen) atoms. The molecule has 1 aliphatic heterocycles. The first kappa shape index (κ1) is 23.1. The van der Waals surface area contributed by atoms with Gasteiger partial charge in [0.05, 0.1) is 17.9 Å². The number of rotatable bonds is 5. The van der Waals surface area contributed by atoms with E-state index in [-0.39, 0.29) is 12.0 Å². The molecule has 7 heteroatoms. The van der Waals surface area contributed by atoms with E-state index >= 15 is 0 Å². The van der Waals surface area contributed by atoms with Gasteiger partial charge >= 0.3 is 12.0 Å². The van der Waals surface area contributed by atoms with Crippen LogP contribution in [0.1, 0.15) is 66.8 Å². The third-order valence-corrected chi connectivity index (χ3v) is 4.68. The molecule has 1 saturated heterocycles. The zero-order valence-electron chi connectivity index (χ0n) is 18.9. The van der Waals surface area contributed by atoms with Gasteiger partial charge in [-0.3, -0.25) is 4.98 Å². The van der Waals surface area contributed by atoms with Crippen molar-refractivity contribution in [1.29, 1.82) is 0 Å². The van der Waals surface area contributed by atoms with Crippen LogP contribution in [0.25, 0.3) is 0 Å². The molecule has 162 valence electrons. The van der Waals surface area contributed by atoms with Crippen LogP contribution >= 0.6 is 0 Å². The smallest absolute Gasteiger partial charge is 0.329 e. The average molecular weight is 406 g/mol. The van der Waals surface area contributed by atoms with Gasteiger partial charge in [-0.25, -0.2) is 9.59 Å². The van der Waals surface area contributed by atoms with Crippen molar-refractivity contribution < 1.29 is 19.4 Å². The Morgan fingerprint density at radius 1 is 1.14 bits per heavy atom. The Hall–Kier alpha value is -2.15. The Bertz CT molecular complexity index is 757. The molecule has 0 bridgehead atoms. The summed E-state index contributed by atoms with van der Waals surface area (Å²) in [7, 11) is 0. The highest BCUT2D eigenvalue weighted by atomic mass is 16.6. The van der Waals surface area contributed by atoms with Crippen LogP contribution in [0, 0.1) is 5.41 Å². The number of esters is 1. The van der Waals surface area contributed by atoms with E-state index in [1.807, 2.05) is 53.7 Å². The van der Waals surface area contributed by atoms with Crippen LogP contribution < -0.4 is 0 Å². The lowest BCUT2D eigenvalue weighted by Crippen LogP contribution is -2.52. The molecular formula is C22H35N3O4. The van der Waals surface area contributed by atoms with Gasteiger partial charge in [0, 0.05) is 13.1 Å². The van der Waals surface area contributed by atoms with Crippen LogP contribution in [-0.2, 0) is 21.7 Å². The molecule has 2 heterocycles. The Morgan fingerprint density at radius 2 is 1.76 bits per heavy atom. The van der Waals surface area contributed by atoms with Crippen LogP contribution in [0.3, 0.4) is 0 Å². The zero-order valence-corrected chi connectivity index (χ0v) is 18.9. The second-order valence-electron chi connectivity index (χ2n) is 10.3. The molecule has 7 nitrogen and oxygen atoms in total. The van der Waals surface area contributed by atoms with E-state index in [1.54, 1.807) is 29.7 Å². The molecule has 0 spiro atoms. The molecule has 1 N–H and O–H groups in total. The van der Waals surface area contributed by atoms with Crippen LogP contribution in [0.2, 0.25) is 0 Å². The van der Waals surface area contributed by atoms with E-state index in [0.29, 0.717) is 31.0 Å². The second-order valence-corrected chi connectivity index (χ2v) is 10.3. The molecule has 1 aromatic heterocycles. The maximum atomic E-state index is 13.1. The summed E-state index contributed by atoms with van der Waals surface area (Å²) in [5.41, 5.74) is -0.882. The first-order chi connectivity index (χ1) is 13.1. The summed E-state index contributed by atoms with van der Waals surface area (Å²) < 4.78 is 5.60. The third kappa shape index (κ3) is 5.92. The van der Waals surface area contributed by atoms with Crippen LogP contribution in [-0.4, -0.2) is 56.6 Å². The predicted molar refractivity (Wildman–Crippen MR) is 111 cm³/mol. The van der Waals surface area contributed by atoms with Gasteiger partial charge in [-0.15, -0.1) is 0 Å². The number of aliphatic hydroxyl groups is 1. The van der Waals surface area contributed by atoms with Crippen LogP contribution in [0.15, 0.2) is 18.2 Å². The molecule has 1 aromatic rings. The number of hydrogen-bond donors (Lipinski definition) is 1. The Kier molecular flexibility index (Phi) is 6.33. The van der Waals surface area contributed by atoms with E-state index in [1.165, 1.54) is 0 Å². The highest BCUT2D eigenvalue weighted by Gasteiger charge is 2.45. The third-order valence-electron chi connectivity index (χ3n) is 4.68. The van der Waals surface area contributed by atoms with Crippen molar-refractivity contribution >= 4 is 12.0 Å². The first-order valence-electron chi connectivity index (χ1n) is 10.1. The van der Waals surface area contributed by atoms with Gasteiger partial charge in [0.15, 0.2) is 0 Å². The quantitative estimate of drug-likeness (QED) is 0.760. The number of ether oxygens (including phenoxy) is 1. The minimum absolute atomic E-state index is 0.203. The van der Waals surface area contributed by atoms with E-state index in [4.69, 9.17) is 4.74 Å². The lowest BCUT2D eigenvalue weighted by Gasteiger charge is -2.37. The number of carbonyl (C=O) groups is 2. The molecule has 1 atom stereocenters. The number of amides is 2. The molecule has 2 amide bonds. The average Bonchev–Trinajstić information content (AvgIpc) is 2.85. The van der Waals surface area contributed by atoms with Gasteiger partial charge in [0.25, 0.3) is 0 Å².